The van der Waals surface area contributed by atoms with E-state index in [-0.39, 0.29) is 43.6 Å². The monoisotopic (exact) mass is 505 g/mol. The van der Waals surface area contributed by atoms with Crippen LogP contribution in [0.25, 0.3) is 0 Å². The Morgan fingerprint density at radius 2 is 1.97 bits per heavy atom. The van der Waals surface area contributed by atoms with Crippen molar-refractivity contribution in [1.82, 2.24) is 0 Å². The molecule has 0 saturated carbocycles. The molecule has 8 nitrogen and oxygen atoms in total. The molecule has 182 valence electrons. The van der Waals surface area contributed by atoms with Crippen molar-refractivity contribution in [3.8, 4) is 17.6 Å². The maximum Gasteiger partial charge on any atom is 0.417 e. The number of aliphatic hydroxyl groups excluding tert-OH is 1. The summed E-state index contributed by atoms with van der Waals surface area (Å²) in [7, 11) is 0. The van der Waals surface area contributed by atoms with Gasteiger partial charge in [0.25, 0.3) is 5.91 Å². The fraction of sp³-hybridized carbons (Fsp3) is 0.348. The molecule has 3 aliphatic rings. The Bertz CT molecular complexity index is 1260. The molecule has 2 atom stereocenters. The first-order valence-electron chi connectivity index (χ1n) is 10.6. The van der Waals surface area contributed by atoms with Gasteiger partial charge in [-0.05, 0) is 42.5 Å². The molecule has 1 amide bonds. The summed E-state index contributed by atoms with van der Waals surface area (Å²) in [6.45, 7) is 0.169. The van der Waals surface area contributed by atoms with E-state index in [1.54, 1.807) is 23.1 Å². The van der Waals surface area contributed by atoms with Crippen LogP contribution >= 0.6 is 12.2 Å². The first-order chi connectivity index (χ1) is 16.7. The van der Waals surface area contributed by atoms with Crippen LogP contribution in [0.4, 0.5) is 24.5 Å². The molecular weight excluding hydrogens is 487 g/mol. The van der Waals surface area contributed by atoms with Crippen molar-refractivity contribution >= 4 is 34.6 Å². The van der Waals surface area contributed by atoms with E-state index in [2.05, 4.69) is 0 Å². The summed E-state index contributed by atoms with van der Waals surface area (Å²) < 4.78 is 57.6. The highest BCUT2D eigenvalue weighted by molar-refractivity contribution is 7.81. The van der Waals surface area contributed by atoms with Gasteiger partial charge in [0.15, 0.2) is 28.3 Å². The minimum absolute atomic E-state index is 0.00803. The van der Waals surface area contributed by atoms with Gasteiger partial charge in [-0.15, -0.1) is 0 Å². The number of anilines is 2. The van der Waals surface area contributed by atoms with E-state index in [0.29, 0.717) is 17.2 Å². The number of carbonyl (C=O) groups excluding carboxylic acids is 1. The van der Waals surface area contributed by atoms with Gasteiger partial charge in [0.05, 0.1) is 36.1 Å². The number of carbonyl (C=O) groups is 1. The fourth-order valence-corrected chi connectivity index (χ4v) is 4.96. The number of fused-ring (bicyclic) bond motifs is 1. The standard InChI is InChI=1S/C23H18F3N3O5S/c24-23(25,26)17-7-14(2-1-13(17)9-27)28-20(31)22(5-6-32-12-22)29(21(28)35)15-3-4-18-19(8-15)33-11-16(10-30)34-18/h1-4,7-8,16,30H,5-6,10-12H2/t16-,22+/m1/s1. The van der Waals surface area contributed by atoms with Gasteiger partial charge >= 0.3 is 6.18 Å². The molecule has 0 bridgehead atoms. The SMILES string of the molecule is N#Cc1ccc(N2C(=O)[C@@]3(CCOC3)N(c3ccc4c(c3)OC[C@@H](CO)O4)C2=S)cc1C(F)(F)F. The summed E-state index contributed by atoms with van der Waals surface area (Å²) in [5.74, 6) is 0.270. The highest BCUT2D eigenvalue weighted by Gasteiger charge is 2.58. The van der Waals surface area contributed by atoms with Crippen LogP contribution in [0.5, 0.6) is 11.5 Å². The molecule has 2 aromatic carbocycles. The molecule has 0 aromatic heterocycles. The summed E-state index contributed by atoms with van der Waals surface area (Å²) in [6, 6.07) is 9.49. The molecule has 2 fully saturated rings. The number of nitriles is 1. The number of alkyl halides is 3. The molecule has 2 saturated heterocycles. The largest absolute Gasteiger partial charge is 0.486 e. The number of halogens is 3. The van der Waals surface area contributed by atoms with Gasteiger partial charge in [-0.25, -0.2) is 0 Å². The van der Waals surface area contributed by atoms with Crippen molar-refractivity contribution in [2.45, 2.75) is 24.2 Å². The first kappa shape index (κ1) is 23.3. The summed E-state index contributed by atoms with van der Waals surface area (Å²) in [5.41, 5.74) is -2.57. The van der Waals surface area contributed by atoms with Crippen LogP contribution < -0.4 is 19.3 Å². The van der Waals surface area contributed by atoms with Gasteiger partial charge in [0.2, 0.25) is 0 Å². The predicted octanol–water partition coefficient (Wildman–Crippen LogP) is 3.01. The van der Waals surface area contributed by atoms with E-state index < -0.39 is 34.9 Å². The number of rotatable bonds is 3. The molecule has 1 N–H and O–H groups in total. The van der Waals surface area contributed by atoms with E-state index in [0.717, 1.165) is 17.0 Å². The molecule has 2 aromatic rings. The van der Waals surface area contributed by atoms with Crippen molar-refractivity contribution in [2.24, 2.45) is 0 Å². The van der Waals surface area contributed by atoms with E-state index >= 15 is 0 Å². The van der Waals surface area contributed by atoms with Crippen LogP contribution in [-0.4, -0.2) is 54.2 Å². The number of hydrogen-bond acceptors (Lipinski definition) is 7. The molecule has 3 aliphatic heterocycles. The van der Waals surface area contributed by atoms with Crippen LogP contribution in [0.1, 0.15) is 17.5 Å². The van der Waals surface area contributed by atoms with Gasteiger partial charge in [-0.2, -0.15) is 18.4 Å². The molecule has 3 heterocycles. The molecule has 0 radical (unpaired) electrons. The zero-order valence-electron chi connectivity index (χ0n) is 18.0. The average Bonchev–Trinajstić information content (AvgIpc) is 3.41. The zero-order valence-corrected chi connectivity index (χ0v) is 18.9. The molecule has 1 spiro atoms. The number of amides is 1. The van der Waals surface area contributed by atoms with Crippen LogP contribution in [0.3, 0.4) is 0 Å². The number of hydrogen-bond donors (Lipinski definition) is 1. The second-order valence-corrected chi connectivity index (χ2v) is 8.66. The lowest BCUT2D eigenvalue weighted by molar-refractivity contribution is -0.137. The predicted molar refractivity (Wildman–Crippen MR) is 120 cm³/mol. The number of ether oxygens (including phenoxy) is 3. The lowest BCUT2D eigenvalue weighted by Crippen LogP contribution is -2.50. The van der Waals surface area contributed by atoms with Crippen molar-refractivity contribution < 1.29 is 37.3 Å². The van der Waals surface area contributed by atoms with E-state index in [1.165, 1.54) is 12.1 Å². The molecule has 35 heavy (non-hydrogen) atoms. The number of aliphatic hydroxyl groups is 1. The van der Waals surface area contributed by atoms with E-state index in [4.69, 9.17) is 31.7 Å². The van der Waals surface area contributed by atoms with Crippen LogP contribution in [0, 0.1) is 11.3 Å². The van der Waals surface area contributed by atoms with Crippen LogP contribution in [0.15, 0.2) is 36.4 Å². The second kappa shape index (κ2) is 8.37. The molecule has 5 rings (SSSR count). The van der Waals surface area contributed by atoms with Gasteiger partial charge in [0.1, 0.15) is 6.61 Å². The van der Waals surface area contributed by atoms with Crippen molar-refractivity contribution in [3.05, 3.63) is 47.5 Å². The highest BCUT2D eigenvalue weighted by Crippen LogP contribution is 2.45. The third-order valence-corrected chi connectivity index (χ3v) is 6.57. The average molecular weight is 505 g/mol. The van der Waals surface area contributed by atoms with Crippen LogP contribution in [0.2, 0.25) is 0 Å². The Labute approximate surface area is 203 Å². The summed E-state index contributed by atoms with van der Waals surface area (Å²) in [4.78, 5) is 16.3. The number of nitrogens with zero attached hydrogens (tertiary/aromatic N) is 3. The maximum atomic E-state index is 13.7. The molecule has 0 aliphatic carbocycles. The third-order valence-electron chi connectivity index (χ3n) is 6.21. The molecular formula is C23H18F3N3O5S. The second-order valence-electron chi connectivity index (χ2n) is 8.30. The minimum atomic E-state index is -4.79. The first-order valence-corrected chi connectivity index (χ1v) is 11.0. The maximum absolute atomic E-state index is 13.7. The van der Waals surface area contributed by atoms with E-state index in [1.807, 2.05) is 0 Å². The van der Waals surface area contributed by atoms with Gasteiger partial charge in [0, 0.05) is 24.8 Å². The molecule has 12 heteroatoms. The summed E-state index contributed by atoms with van der Waals surface area (Å²) in [5, 5.41) is 18.4. The van der Waals surface area contributed by atoms with Gasteiger partial charge in [-0.1, -0.05) is 0 Å². The Morgan fingerprint density at radius 1 is 1.20 bits per heavy atom. The zero-order chi connectivity index (χ0) is 25.0. The van der Waals surface area contributed by atoms with Gasteiger partial charge < -0.3 is 24.2 Å². The lowest BCUT2D eigenvalue weighted by Gasteiger charge is -2.32. The van der Waals surface area contributed by atoms with E-state index in [9.17, 15) is 23.1 Å². The van der Waals surface area contributed by atoms with Crippen molar-refractivity contribution in [3.63, 3.8) is 0 Å². The smallest absolute Gasteiger partial charge is 0.417 e. The van der Waals surface area contributed by atoms with Crippen molar-refractivity contribution in [1.29, 1.82) is 5.26 Å². The summed E-state index contributed by atoms with van der Waals surface area (Å²) >= 11 is 5.63. The van der Waals surface area contributed by atoms with Crippen molar-refractivity contribution in [2.75, 3.05) is 36.2 Å². The quantitative estimate of drug-likeness (QED) is 0.637. The number of thiocarbonyl (C=S) groups is 1. The topological polar surface area (TPSA) is 95.3 Å². The summed E-state index contributed by atoms with van der Waals surface area (Å²) in [6.07, 6.45) is -5.03. The Morgan fingerprint density at radius 3 is 2.63 bits per heavy atom. The Balaban J connectivity index is 1.58. The van der Waals surface area contributed by atoms with Gasteiger partial charge in [-0.3, -0.25) is 9.69 Å². The highest BCUT2D eigenvalue weighted by atomic mass is 32.1. The normalized spacial score (nSPS) is 23.8. The minimum Gasteiger partial charge on any atom is -0.486 e. The Kier molecular flexibility index (Phi) is 5.58. The molecule has 0 unspecified atom stereocenters. The van der Waals surface area contributed by atoms with Crippen LogP contribution in [-0.2, 0) is 15.7 Å². The number of benzene rings is 2. The fourth-order valence-electron chi connectivity index (χ4n) is 4.49. The lowest BCUT2D eigenvalue weighted by atomic mass is 9.95. The Hall–Kier alpha value is -3.40. The third kappa shape index (κ3) is 3.67.